The zero-order valence-corrected chi connectivity index (χ0v) is 11.5. The zero-order valence-electron chi connectivity index (χ0n) is 10.7. The van der Waals surface area contributed by atoms with Crippen LogP contribution in [-0.4, -0.2) is 27.2 Å². The van der Waals surface area contributed by atoms with Gasteiger partial charge in [0.2, 0.25) is 11.7 Å². The first-order valence-corrected chi connectivity index (χ1v) is 6.70. The number of allylic oxidation sites excluding steroid dienone is 4. The number of carbonyl (C=O) groups excluding carboxylic acids is 1. The largest absolute Gasteiger partial charge is 0.493 e. The second-order valence-corrected chi connectivity index (χ2v) is 4.90. The number of aromatic nitrogens is 1. The number of hydrogen-bond donors (Lipinski definition) is 2. The van der Waals surface area contributed by atoms with Gasteiger partial charge in [0.25, 0.3) is 0 Å². The summed E-state index contributed by atoms with van der Waals surface area (Å²) >= 11 is 0.807. The molecule has 0 amide bonds. The van der Waals surface area contributed by atoms with Crippen LogP contribution in [0.25, 0.3) is 6.08 Å². The summed E-state index contributed by atoms with van der Waals surface area (Å²) in [7, 11) is 0. The molecule has 1 aliphatic carbocycles. The van der Waals surface area contributed by atoms with E-state index in [1.165, 1.54) is 6.08 Å². The van der Waals surface area contributed by atoms with Crippen molar-refractivity contribution in [1.82, 2.24) is 4.57 Å². The smallest absolute Gasteiger partial charge is 0.312 e. The standard InChI is InChI=1S/C13H13NO5S/c1-2-19-10-5-8(3-4-9(10)16)6-11-12(17)14(7-15)13(18)20-11/h3-6,15,17H,2,7H2,1H3. The van der Waals surface area contributed by atoms with E-state index < -0.39 is 11.6 Å². The third-order valence-corrected chi connectivity index (χ3v) is 3.52. The second kappa shape index (κ2) is 5.89. The Morgan fingerprint density at radius 1 is 1.40 bits per heavy atom. The van der Waals surface area contributed by atoms with Gasteiger partial charge in [-0.3, -0.25) is 9.59 Å². The maximum atomic E-state index is 11.5. The summed E-state index contributed by atoms with van der Waals surface area (Å²) in [4.78, 5) is 22.8. The first kappa shape index (κ1) is 14.3. The SMILES string of the molecule is CCOC1=CC(=Cc2sc(=O)n(CO)c2O)C=CC1=O. The molecule has 0 saturated carbocycles. The monoisotopic (exact) mass is 295 g/mol. The van der Waals surface area contributed by atoms with E-state index in [-0.39, 0.29) is 17.4 Å². The summed E-state index contributed by atoms with van der Waals surface area (Å²) in [5, 5.41) is 18.8. The van der Waals surface area contributed by atoms with E-state index in [1.54, 1.807) is 25.2 Å². The van der Waals surface area contributed by atoms with Crippen molar-refractivity contribution >= 4 is 23.2 Å². The molecule has 0 radical (unpaired) electrons. The number of nitrogens with zero attached hydrogens (tertiary/aromatic N) is 1. The Hall–Kier alpha value is -2.12. The van der Waals surface area contributed by atoms with Crippen molar-refractivity contribution in [1.29, 1.82) is 0 Å². The molecule has 0 atom stereocenters. The normalized spacial score (nSPS) is 16.6. The van der Waals surface area contributed by atoms with Gasteiger partial charge in [0, 0.05) is 0 Å². The topological polar surface area (TPSA) is 88.8 Å². The van der Waals surface area contributed by atoms with Gasteiger partial charge in [0.15, 0.2) is 5.76 Å². The number of carbonyl (C=O) groups is 1. The average molecular weight is 295 g/mol. The van der Waals surface area contributed by atoms with Crippen LogP contribution < -0.4 is 4.87 Å². The highest BCUT2D eigenvalue weighted by molar-refractivity contribution is 7.10. The van der Waals surface area contributed by atoms with Gasteiger partial charge in [-0.25, -0.2) is 4.57 Å². The Labute approximate surface area is 118 Å². The summed E-state index contributed by atoms with van der Waals surface area (Å²) in [6.07, 6.45) is 6.02. The molecule has 7 heteroatoms. The van der Waals surface area contributed by atoms with Gasteiger partial charge in [-0.05, 0) is 30.7 Å². The van der Waals surface area contributed by atoms with Gasteiger partial charge in [-0.15, -0.1) is 0 Å². The molecule has 0 saturated heterocycles. The maximum absolute atomic E-state index is 11.5. The maximum Gasteiger partial charge on any atom is 0.312 e. The molecule has 1 aromatic heterocycles. The van der Waals surface area contributed by atoms with Crippen LogP contribution in [0.5, 0.6) is 5.88 Å². The van der Waals surface area contributed by atoms with Crippen LogP contribution in [0.3, 0.4) is 0 Å². The van der Waals surface area contributed by atoms with Crippen LogP contribution >= 0.6 is 11.3 Å². The molecule has 1 heterocycles. The third kappa shape index (κ3) is 2.73. The fourth-order valence-corrected chi connectivity index (χ4v) is 2.51. The first-order chi connectivity index (χ1) is 9.56. The molecule has 6 nitrogen and oxygen atoms in total. The molecule has 106 valence electrons. The van der Waals surface area contributed by atoms with Gasteiger partial charge in [-0.1, -0.05) is 17.4 Å². The number of thiazole rings is 1. The molecule has 2 rings (SSSR count). The molecule has 0 aromatic carbocycles. The minimum absolute atomic E-state index is 0.217. The number of ketones is 1. The Morgan fingerprint density at radius 3 is 2.75 bits per heavy atom. The van der Waals surface area contributed by atoms with Gasteiger partial charge in [0.05, 0.1) is 11.5 Å². The fraction of sp³-hybridized carbons (Fsp3) is 0.231. The van der Waals surface area contributed by atoms with E-state index >= 15 is 0 Å². The minimum Gasteiger partial charge on any atom is -0.493 e. The van der Waals surface area contributed by atoms with Crippen molar-refractivity contribution < 1.29 is 19.7 Å². The molecular formula is C13H13NO5S. The van der Waals surface area contributed by atoms with Crippen LogP contribution in [-0.2, 0) is 16.3 Å². The van der Waals surface area contributed by atoms with Gasteiger partial charge >= 0.3 is 4.87 Å². The van der Waals surface area contributed by atoms with Gasteiger partial charge in [0.1, 0.15) is 6.73 Å². The van der Waals surface area contributed by atoms with Gasteiger partial charge in [-0.2, -0.15) is 0 Å². The second-order valence-electron chi connectivity index (χ2n) is 3.91. The summed E-state index contributed by atoms with van der Waals surface area (Å²) in [6, 6.07) is 0. The highest BCUT2D eigenvalue weighted by Gasteiger charge is 2.15. The first-order valence-electron chi connectivity index (χ1n) is 5.89. The van der Waals surface area contributed by atoms with Crippen molar-refractivity contribution in [3.05, 3.63) is 44.1 Å². The predicted octanol–water partition coefficient (Wildman–Crippen LogP) is 1.01. The van der Waals surface area contributed by atoms with Crippen LogP contribution in [0.2, 0.25) is 0 Å². The highest BCUT2D eigenvalue weighted by atomic mass is 32.1. The highest BCUT2D eigenvalue weighted by Crippen LogP contribution is 2.25. The number of aliphatic hydroxyl groups is 1. The van der Waals surface area contributed by atoms with E-state index in [9.17, 15) is 14.7 Å². The Kier molecular flexibility index (Phi) is 4.21. The van der Waals surface area contributed by atoms with Crippen LogP contribution in [0, 0.1) is 0 Å². The lowest BCUT2D eigenvalue weighted by Crippen LogP contribution is -2.11. The molecule has 2 N–H and O–H groups in total. The molecular weight excluding hydrogens is 282 g/mol. The molecule has 0 unspecified atom stereocenters. The van der Waals surface area contributed by atoms with Crippen molar-refractivity contribution in [3.63, 3.8) is 0 Å². The summed E-state index contributed by atoms with van der Waals surface area (Å²) in [5.74, 6) is -0.310. The lowest BCUT2D eigenvalue weighted by molar-refractivity contribution is -0.114. The Morgan fingerprint density at radius 2 is 2.15 bits per heavy atom. The third-order valence-electron chi connectivity index (χ3n) is 2.60. The van der Waals surface area contributed by atoms with Crippen molar-refractivity contribution in [2.75, 3.05) is 6.61 Å². The van der Waals surface area contributed by atoms with Crippen molar-refractivity contribution in [2.45, 2.75) is 13.7 Å². The van der Waals surface area contributed by atoms with Crippen molar-refractivity contribution in [3.8, 4) is 5.88 Å². The summed E-state index contributed by atoms with van der Waals surface area (Å²) in [5.41, 5.74) is 0.620. The number of hydrogen-bond acceptors (Lipinski definition) is 6. The summed E-state index contributed by atoms with van der Waals surface area (Å²) in [6.45, 7) is 1.56. The zero-order chi connectivity index (χ0) is 14.7. The molecule has 0 bridgehead atoms. The predicted molar refractivity (Wildman–Crippen MR) is 74.3 cm³/mol. The Bertz CT molecular complexity index is 677. The molecule has 1 aromatic rings. The van der Waals surface area contributed by atoms with E-state index in [4.69, 9.17) is 9.84 Å². The fourth-order valence-electron chi connectivity index (χ4n) is 1.67. The quantitative estimate of drug-likeness (QED) is 0.865. The van der Waals surface area contributed by atoms with Crippen LogP contribution in [0.4, 0.5) is 0 Å². The van der Waals surface area contributed by atoms with E-state index in [0.29, 0.717) is 17.1 Å². The number of ether oxygens (including phenoxy) is 1. The molecule has 20 heavy (non-hydrogen) atoms. The van der Waals surface area contributed by atoms with Crippen molar-refractivity contribution in [2.24, 2.45) is 0 Å². The average Bonchev–Trinajstić information content (AvgIpc) is 2.68. The van der Waals surface area contributed by atoms with E-state index in [2.05, 4.69) is 0 Å². The molecule has 0 spiro atoms. The lowest BCUT2D eigenvalue weighted by atomic mass is 10.1. The number of aromatic hydroxyl groups is 1. The van der Waals surface area contributed by atoms with E-state index in [0.717, 1.165) is 15.9 Å². The number of rotatable bonds is 4. The molecule has 0 fully saturated rings. The lowest BCUT2D eigenvalue weighted by Gasteiger charge is -2.09. The minimum atomic E-state index is -0.585. The summed E-state index contributed by atoms with van der Waals surface area (Å²) < 4.78 is 6.05. The molecule has 1 aliphatic rings. The van der Waals surface area contributed by atoms with Crippen LogP contribution in [0.1, 0.15) is 11.8 Å². The number of aliphatic hydroxyl groups excluding tert-OH is 1. The van der Waals surface area contributed by atoms with E-state index in [1.807, 2.05) is 0 Å². The van der Waals surface area contributed by atoms with Crippen LogP contribution in [0.15, 0.2) is 34.4 Å². The Balaban J connectivity index is 2.39. The molecule has 0 aliphatic heterocycles. The van der Waals surface area contributed by atoms with Gasteiger partial charge < -0.3 is 14.9 Å².